The second-order valence-corrected chi connectivity index (χ2v) is 8.38. The van der Waals surface area contributed by atoms with E-state index in [-0.39, 0.29) is 41.7 Å². The number of carbonyl (C=O) groups excluding carboxylic acids is 1. The Hall–Kier alpha value is -0.810. The maximum Gasteiger partial charge on any atom is 0.410 e. The summed E-state index contributed by atoms with van der Waals surface area (Å²) in [5.74, 6) is 0.770. The van der Waals surface area contributed by atoms with Crippen molar-refractivity contribution in [1.82, 2.24) is 20.4 Å². The van der Waals surface area contributed by atoms with Crippen LogP contribution >= 0.6 is 24.0 Å². The molecule has 2 saturated heterocycles. The van der Waals surface area contributed by atoms with Crippen molar-refractivity contribution in [2.45, 2.75) is 50.8 Å². The Morgan fingerprint density at radius 1 is 1.30 bits per heavy atom. The average molecular weight is 497 g/mol. The van der Waals surface area contributed by atoms with E-state index in [0.717, 1.165) is 38.6 Å². The number of rotatable bonds is 4. The minimum Gasteiger partial charge on any atom is -0.444 e. The summed E-state index contributed by atoms with van der Waals surface area (Å²) in [6.45, 7) is 9.28. The van der Waals surface area contributed by atoms with Crippen LogP contribution in [0.3, 0.4) is 0 Å². The standard InChI is InChI=1S/C18H35N5O3.HI/c1-17(2,3)26-16(24)23-11-14(12-23)21-15(19-4)20-13-18(22(5)6)7-9-25-10-8-18;/h14H,7-13H2,1-6H3,(H2,19,20,21);1H. The molecule has 0 aromatic carbocycles. The lowest BCUT2D eigenvalue weighted by atomic mass is 9.88. The van der Waals surface area contributed by atoms with Gasteiger partial charge in [0.05, 0.1) is 6.04 Å². The number of guanidine groups is 1. The Morgan fingerprint density at radius 2 is 1.89 bits per heavy atom. The zero-order valence-electron chi connectivity index (χ0n) is 17.5. The lowest BCUT2D eigenvalue weighted by molar-refractivity contribution is -0.00517. The van der Waals surface area contributed by atoms with E-state index < -0.39 is 5.60 Å². The number of hydrogen-bond donors (Lipinski definition) is 2. The van der Waals surface area contributed by atoms with Crippen molar-refractivity contribution >= 4 is 36.0 Å². The summed E-state index contributed by atoms with van der Waals surface area (Å²) in [5.41, 5.74) is -0.380. The van der Waals surface area contributed by atoms with Crippen molar-refractivity contribution in [3.63, 3.8) is 0 Å². The molecule has 27 heavy (non-hydrogen) atoms. The molecule has 0 spiro atoms. The van der Waals surface area contributed by atoms with Crippen LogP contribution < -0.4 is 10.6 Å². The molecule has 158 valence electrons. The molecule has 0 unspecified atom stereocenters. The second kappa shape index (κ2) is 10.1. The first kappa shape index (κ1) is 24.2. The molecule has 1 amide bonds. The first-order chi connectivity index (χ1) is 12.1. The molecule has 0 atom stereocenters. The van der Waals surface area contributed by atoms with E-state index in [1.165, 1.54) is 0 Å². The molecule has 2 N–H and O–H groups in total. The van der Waals surface area contributed by atoms with Crippen LogP contribution in [0.25, 0.3) is 0 Å². The maximum atomic E-state index is 12.0. The number of likely N-dealkylation sites (N-methyl/N-ethyl adjacent to an activating group) is 1. The summed E-state index contributed by atoms with van der Waals surface area (Å²) in [6.07, 6.45) is 1.74. The first-order valence-corrected chi connectivity index (χ1v) is 9.35. The monoisotopic (exact) mass is 497 g/mol. The van der Waals surface area contributed by atoms with Crippen LogP contribution in [0, 0.1) is 0 Å². The molecule has 2 aliphatic rings. The SMILES string of the molecule is CN=C(NCC1(N(C)C)CCOCC1)NC1CN(C(=O)OC(C)(C)C)C1.I. The van der Waals surface area contributed by atoms with Gasteiger partial charge in [-0.15, -0.1) is 24.0 Å². The van der Waals surface area contributed by atoms with Crippen molar-refractivity contribution in [3.8, 4) is 0 Å². The van der Waals surface area contributed by atoms with Gasteiger partial charge in [0, 0.05) is 45.4 Å². The van der Waals surface area contributed by atoms with Crippen molar-refractivity contribution in [2.24, 2.45) is 4.99 Å². The number of halogens is 1. The zero-order chi connectivity index (χ0) is 19.4. The molecular formula is C18H36IN5O3. The van der Waals surface area contributed by atoms with Crippen LogP contribution in [0.2, 0.25) is 0 Å². The highest BCUT2D eigenvalue weighted by molar-refractivity contribution is 14.0. The predicted octanol–water partition coefficient (Wildman–Crippen LogP) is 1.50. The fourth-order valence-corrected chi connectivity index (χ4v) is 3.22. The minimum absolute atomic E-state index is 0. The molecule has 2 aliphatic heterocycles. The molecule has 2 rings (SSSR count). The van der Waals surface area contributed by atoms with Gasteiger partial charge in [0.2, 0.25) is 0 Å². The van der Waals surface area contributed by atoms with Gasteiger partial charge in [-0.1, -0.05) is 0 Å². The number of amides is 1. The lowest BCUT2D eigenvalue weighted by Gasteiger charge is -2.44. The van der Waals surface area contributed by atoms with Gasteiger partial charge in [0.25, 0.3) is 0 Å². The van der Waals surface area contributed by atoms with E-state index in [0.29, 0.717) is 13.1 Å². The molecule has 0 aromatic heterocycles. The van der Waals surface area contributed by atoms with Crippen LogP contribution in [0.5, 0.6) is 0 Å². The van der Waals surface area contributed by atoms with Crippen molar-refractivity contribution in [2.75, 3.05) is 54.0 Å². The van der Waals surface area contributed by atoms with E-state index in [1.807, 2.05) is 20.8 Å². The van der Waals surface area contributed by atoms with Gasteiger partial charge >= 0.3 is 6.09 Å². The average Bonchev–Trinajstić information content (AvgIpc) is 2.52. The van der Waals surface area contributed by atoms with Gasteiger partial charge in [0.1, 0.15) is 5.60 Å². The van der Waals surface area contributed by atoms with Gasteiger partial charge in [0.15, 0.2) is 5.96 Å². The van der Waals surface area contributed by atoms with E-state index in [4.69, 9.17) is 9.47 Å². The summed E-state index contributed by atoms with van der Waals surface area (Å²) in [4.78, 5) is 20.3. The summed E-state index contributed by atoms with van der Waals surface area (Å²) in [5, 5.41) is 6.84. The second-order valence-electron chi connectivity index (χ2n) is 8.38. The Kier molecular flexibility index (Phi) is 9.07. The highest BCUT2D eigenvalue weighted by atomic mass is 127. The van der Waals surface area contributed by atoms with Crippen molar-refractivity contribution in [3.05, 3.63) is 0 Å². The third-order valence-corrected chi connectivity index (χ3v) is 5.05. The number of ether oxygens (including phenoxy) is 2. The number of nitrogens with one attached hydrogen (secondary N) is 2. The van der Waals surface area contributed by atoms with Crippen LogP contribution in [-0.4, -0.2) is 93.0 Å². The van der Waals surface area contributed by atoms with Gasteiger partial charge in [-0.3, -0.25) is 4.99 Å². The Morgan fingerprint density at radius 3 is 2.37 bits per heavy atom. The third-order valence-electron chi connectivity index (χ3n) is 5.05. The van der Waals surface area contributed by atoms with Gasteiger partial charge in [-0.05, 0) is 47.7 Å². The number of nitrogens with zero attached hydrogens (tertiary/aromatic N) is 3. The lowest BCUT2D eigenvalue weighted by Crippen LogP contribution is -2.64. The van der Waals surface area contributed by atoms with Gasteiger partial charge in [-0.25, -0.2) is 4.79 Å². The number of hydrogen-bond acceptors (Lipinski definition) is 5. The number of likely N-dealkylation sites (tertiary alicyclic amines) is 1. The van der Waals surface area contributed by atoms with E-state index in [1.54, 1.807) is 11.9 Å². The molecule has 8 nitrogen and oxygen atoms in total. The maximum absolute atomic E-state index is 12.0. The molecule has 0 aliphatic carbocycles. The molecule has 2 fully saturated rings. The zero-order valence-corrected chi connectivity index (χ0v) is 19.8. The molecule has 0 saturated carbocycles. The number of carbonyl (C=O) groups is 1. The third kappa shape index (κ3) is 6.94. The molecule has 0 bridgehead atoms. The van der Waals surface area contributed by atoms with Crippen LogP contribution in [0.4, 0.5) is 4.79 Å². The van der Waals surface area contributed by atoms with E-state index >= 15 is 0 Å². The normalized spacial score (nSPS) is 20.6. The summed E-state index contributed by atoms with van der Waals surface area (Å²) >= 11 is 0. The predicted molar refractivity (Wildman–Crippen MR) is 118 cm³/mol. The fourth-order valence-electron chi connectivity index (χ4n) is 3.22. The first-order valence-electron chi connectivity index (χ1n) is 9.35. The van der Waals surface area contributed by atoms with Crippen LogP contribution in [0.15, 0.2) is 4.99 Å². The minimum atomic E-state index is -0.461. The van der Waals surface area contributed by atoms with Crippen molar-refractivity contribution < 1.29 is 14.3 Å². The molecule has 0 radical (unpaired) electrons. The number of aliphatic imine (C=N–C) groups is 1. The highest BCUT2D eigenvalue weighted by Crippen LogP contribution is 2.25. The largest absolute Gasteiger partial charge is 0.444 e. The van der Waals surface area contributed by atoms with E-state index in [9.17, 15) is 4.79 Å². The molecule has 2 heterocycles. The van der Waals surface area contributed by atoms with Crippen molar-refractivity contribution in [1.29, 1.82) is 0 Å². The highest BCUT2D eigenvalue weighted by Gasteiger charge is 2.36. The molecule has 0 aromatic rings. The van der Waals surface area contributed by atoms with Gasteiger partial charge in [-0.2, -0.15) is 0 Å². The Balaban J connectivity index is 0.00000364. The topological polar surface area (TPSA) is 78.4 Å². The van der Waals surface area contributed by atoms with E-state index in [2.05, 4.69) is 34.6 Å². The summed E-state index contributed by atoms with van der Waals surface area (Å²) in [6, 6.07) is 0.193. The summed E-state index contributed by atoms with van der Waals surface area (Å²) < 4.78 is 10.9. The quantitative estimate of drug-likeness (QED) is 0.348. The van der Waals surface area contributed by atoms with Crippen LogP contribution in [0.1, 0.15) is 33.6 Å². The smallest absolute Gasteiger partial charge is 0.410 e. The summed E-state index contributed by atoms with van der Waals surface area (Å²) in [7, 11) is 6.01. The molecular weight excluding hydrogens is 461 g/mol. The molecule has 9 heteroatoms. The van der Waals surface area contributed by atoms with Crippen LogP contribution in [-0.2, 0) is 9.47 Å². The Bertz CT molecular complexity index is 510. The van der Waals surface area contributed by atoms with Gasteiger partial charge < -0.3 is 29.9 Å². The Labute approximate surface area is 180 Å². The fraction of sp³-hybridized carbons (Fsp3) is 0.889.